The summed E-state index contributed by atoms with van der Waals surface area (Å²) in [7, 11) is -3.65. The van der Waals surface area contributed by atoms with Gasteiger partial charge in [0.1, 0.15) is 16.2 Å². The Balaban J connectivity index is 2.11. The van der Waals surface area contributed by atoms with E-state index in [4.69, 9.17) is 4.42 Å². The molecule has 0 fully saturated rings. The van der Waals surface area contributed by atoms with Crippen LogP contribution >= 0.6 is 0 Å². The molecule has 0 bridgehead atoms. The molecule has 0 amide bonds. The second-order valence-corrected chi connectivity index (χ2v) is 7.85. The van der Waals surface area contributed by atoms with Gasteiger partial charge in [-0.25, -0.2) is 8.42 Å². The molecule has 4 heteroatoms. The monoisotopic (exact) mass is 336 g/mol. The molecular weight excluding hydrogens is 320 g/mol. The van der Waals surface area contributed by atoms with Gasteiger partial charge in [0, 0.05) is 5.39 Å². The summed E-state index contributed by atoms with van der Waals surface area (Å²) in [6.07, 6.45) is 0. The number of fused-ring (bicyclic) bond motifs is 3. The number of rotatable bonds is 2. The summed E-state index contributed by atoms with van der Waals surface area (Å²) in [5.74, 6) is 0.418. The molecule has 0 spiro atoms. The minimum absolute atomic E-state index is 0.262. The molecule has 120 valence electrons. The van der Waals surface area contributed by atoms with Gasteiger partial charge in [0.2, 0.25) is 9.84 Å². The van der Waals surface area contributed by atoms with E-state index in [0.717, 1.165) is 16.3 Å². The van der Waals surface area contributed by atoms with Crippen LogP contribution in [-0.4, -0.2) is 8.42 Å². The predicted octanol–water partition coefficient (Wildman–Crippen LogP) is 5.04. The Morgan fingerprint density at radius 2 is 1.54 bits per heavy atom. The fraction of sp³-hybridized carbons (Fsp3) is 0.100. The van der Waals surface area contributed by atoms with Crippen LogP contribution in [0.15, 0.2) is 74.9 Å². The van der Waals surface area contributed by atoms with Gasteiger partial charge in [-0.2, -0.15) is 0 Å². The van der Waals surface area contributed by atoms with Crippen molar-refractivity contribution in [3.8, 4) is 0 Å². The maximum absolute atomic E-state index is 13.2. The smallest absolute Gasteiger partial charge is 0.210 e. The van der Waals surface area contributed by atoms with Crippen LogP contribution in [-0.2, 0) is 9.84 Å². The quantitative estimate of drug-likeness (QED) is 0.515. The fourth-order valence-electron chi connectivity index (χ4n) is 3.12. The molecule has 3 aromatic carbocycles. The summed E-state index contributed by atoms with van der Waals surface area (Å²) >= 11 is 0. The highest BCUT2D eigenvalue weighted by molar-refractivity contribution is 7.91. The highest BCUT2D eigenvalue weighted by Gasteiger charge is 2.27. The van der Waals surface area contributed by atoms with E-state index in [9.17, 15) is 8.42 Å². The maximum Gasteiger partial charge on any atom is 0.210 e. The molecule has 1 aromatic heterocycles. The van der Waals surface area contributed by atoms with Gasteiger partial charge in [-0.05, 0) is 42.8 Å². The molecule has 0 radical (unpaired) electrons. The van der Waals surface area contributed by atoms with Gasteiger partial charge >= 0.3 is 0 Å². The normalized spacial score (nSPS) is 12.1. The summed E-state index contributed by atoms with van der Waals surface area (Å²) in [5.41, 5.74) is 1.62. The fourth-order valence-corrected chi connectivity index (χ4v) is 4.75. The van der Waals surface area contributed by atoms with E-state index in [2.05, 4.69) is 0 Å². The zero-order valence-corrected chi connectivity index (χ0v) is 14.2. The predicted molar refractivity (Wildman–Crippen MR) is 95.1 cm³/mol. The second kappa shape index (κ2) is 5.21. The van der Waals surface area contributed by atoms with Crippen molar-refractivity contribution in [2.45, 2.75) is 23.6 Å². The minimum atomic E-state index is -3.65. The highest BCUT2D eigenvalue weighted by Crippen LogP contribution is 2.37. The molecule has 0 saturated carbocycles. The molecular formula is C20H16O3S. The molecule has 0 unspecified atom stereocenters. The van der Waals surface area contributed by atoms with Crippen LogP contribution in [0.2, 0.25) is 0 Å². The van der Waals surface area contributed by atoms with Gasteiger partial charge in [0.15, 0.2) is 0 Å². The van der Waals surface area contributed by atoms with Crippen LogP contribution in [0.1, 0.15) is 11.3 Å². The number of furan rings is 1. The standard InChI is InChI=1S/C20H16O3S/c1-13-7-10-16(11-8-13)24(21,22)20-14(2)23-18-12-9-15-5-3-4-6-17(15)19(18)20/h3-12H,1-2H3. The lowest BCUT2D eigenvalue weighted by Gasteiger charge is -2.06. The Morgan fingerprint density at radius 3 is 2.29 bits per heavy atom. The van der Waals surface area contributed by atoms with E-state index < -0.39 is 9.84 Å². The van der Waals surface area contributed by atoms with Gasteiger partial charge in [0.25, 0.3) is 0 Å². The van der Waals surface area contributed by atoms with Gasteiger partial charge in [-0.1, -0.05) is 48.0 Å². The number of sulfone groups is 1. The summed E-state index contributed by atoms with van der Waals surface area (Å²) < 4.78 is 32.2. The molecule has 24 heavy (non-hydrogen) atoms. The SMILES string of the molecule is Cc1ccc(S(=O)(=O)c2c(C)oc3ccc4ccccc4c23)cc1. The molecule has 4 aromatic rings. The third-order valence-electron chi connectivity index (χ3n) is 4.30. The topological polar surface area (TPSA) is 47.3 Å². The molecule has 4 rings (SSSR count). The minimum Gasteiger partial charge on any atom is -0.460 e. The number of hydrogen-bond acceptors (Lipinski definition) is 3. The van der Waals surface area contributed by atoms with E-state index in [-0.39, 0.29) is 9.79 Å². The van der Waals surface area contributed by atoms with Crippen molar-refractivity contribution in [1.82, 2.24) is 0 Å². The summed E-state index contributed by atoms with van der Waals surface area (Å²) in [4.78, 5) is 0.546. The van der Waals surface area contributed by atoms with Crippen molar-refractivity contribution < 1.29 is 12.8 Å². The number of benzene rings is 3. The molecule has 0 N–H and O–H groups in total. The zero-order chi connectivity index (χ0) is 16.9. The first kappa shape index (κ1) is 15.0. The van der Waals surface area contributed by atoms with Crippen LogP contribution in [0.25, 0.3) is 21.7 Å². The van der Waals surface area contributed by atoms with Crippen molar-refractivity contribution in [3.63, 3.8) is 0 Å². The Bertz CT molecular complexity index is 1170. The number of hydrogen-bond donors (Lipinski definition) is 0. The molecule has 1 heterocycles. The van der Waals surface area contributed by atoms with Crippen molar-refractivity contribution >= 4 is 31.6 Å². The summed E-state index contributed by atoms with van der Waals surface area (Å²) in [6.45, 7) is 3.64. The van der Waals surface area contributed by atoms with Gasteiger partial charge < -0.3 is 4.42 Å². The third kappa shape index (κ3) is 2.14. The molecule has 0 saturated heterocycles. The van der Waals surface area contributed by atoms with E-state index in [1.807, 2.05) is 55.5 Å². The molecule has 0 atom stereocenters. The van der Waals surface area contributed by atoms with Crippen LogP contribution in [0.3, 0.4) is 0 Å². The zero-order valence-electron chi connectivity index (χ0n) is 13.4. The number of aryl methyl sites for hydroxylation is 2. The largest absolute Gasteiger partial charge is 0.460 e. The van der Waals surface area contributed by atoms with Crippen molar-refractivity contribution in [2.75, 3.05) is 0 Å². The van der Waals surface area contributed by atoms with Gasteiger partial charge in [-0.15, -0.1) is 0 Å². The average molecular weight is 336 g/mol. The Kier molecular flexibility index (Phi) is 3.25. The van der Waals surface area contributed by atoms with Crippen LogP contribution in [0.4, 0.5) is 0 Å². The summed E-state index contributed by atoms with van der Waals surface area (Å²) in [5, 5.41) is 2.54. The van der Waals surface area contributed by atoms with Crippen molar-refractivity contribution in [3.05, 3.63) is 72.0 Å². The third-order valence-corrected chi connectivity index (χ3v) is 6.22. The average Bonchev–Trinajstić information content (AvgIpc) is 2.92. The lowest BCUT2D eigenvalue weighted by molar-refractivity contribution is 0.558. The molecule has 0 aliphatic carbocycles. The first-order chi connectivity index (χ1) is 11.5. The van der Waals surface area contributed by atoms with E-state index >= 15 is 0 Å². The van der Waals surface area contributed by atoms with E-state index in [1.54, 1.807) is 19.1 Å². The Labute approximate surface area is 140 Å². The van der Waals surface area contributed by atoms with Crippen LogP contribution in [0.5, 0.6) is 0 Å². The Hall–Kier alpha value is -2.59. The van der Waals surface area contributed by atoms with Crippen molar-refractivity contribution in [1.29, 1.82) is 0 Å². The lowest BCUT2D eigenvalue weighted by atomic mass is 10.1. The first-order valence-corrected chi connectivity index (χ1v) is 9.19. The maximum atomic E-state index is 13.2. The first-order valence-electron chi connectivity index (χ1n) is 7.71. The molecule has 0 aliphatic heterocycles. The van der Waals surface area contributed by atoms with Crippen molar-refractivity contribution in [2.24, 2.45) is 0 Å². The van der Waals surface area contributed by atoms with E-state index in [0.29, 0.717) is 16.7 Å². The molecule has 3 nitrogen and oxygen atoms in total. The van der Waals surface area contributed by atoms with Crippen LogP contribution < -0.4 is 0 Å². The van der Waals surface area contributed by atoms with Crippen LogP contribution in [0, 0.1) is 13.8 Å². The van der Waals surface area contributed by atoms with Gasteiger partial charge in [0.05, 0.1) is 4.90 Å². The highest BCUT2D eigenvalue weighted by atomic mass is 32.2. The van der Waals surface area contributed by atoms with E-state index in [1.165, 1.54) is 0 Å². The molecule has 0 aliphatic rings. The second-order valence-electron chi connectivity index (χ2n) is 5.96. The lowest BCUT2D eigenvalue weighted by Crippen LogP contribution is -2.03. The Morgan fingerprint density at radius 1 is 0.833 bits per heavy atom. The van der Waals surface area contributed by atoms with Gasteiger partial charge in [-0.3, -0.25) is 0 Å². The summed E-state index contributed by atoms with van der Waals surface area (Å²) in [6, 6.07) is 18.4.